The average Bonchev–Trinajstić information content (AvgIpc) is 2.45. The van der Waals surface area contributed by atoms with Crippen molar-refractivity contribution in [3.8, 4) is 0 Å². The van der Waals surface area contributed by atoms with E-state index in [1.165, 1.54) is 12.8 Å². The lowest BCUT2D eigenvalue weighted by molar-refractivity contribution is 0.251. The van der Waals surface area contributed by atoms with Crippen molar-refractivity contribution in [3.63, 3.8) is 0 Å². The first kappa shape index (κ1) is 14.0. The highest BCUT2D eigenvalue weighted by molar-refractivity contribution is 5.35. The zero-order valence-electron chi connectivity index (χ0n) is 11.3. The van der Waals surface area contributed by atoms with E-state index in [1.54, 1.807) is 12.4 Å². The van der Waals surface area contributed by atoms with Gasteiger partial charge in [0, 0.05) is 38.6 Å². The molecule has 0 unspecified atom stereocenters. The number of rotatable bonds is 6. The number of unbranched alkanes of at least 4 members (excludes halogenated alkanes) is 2. The smallest absolute Gasteiger partial charge is 0.290 e. The van der Waals surface area contributed by atoms with E-state index in [0.717, 1.165) is 45.7 Å². The summed E-state index contributed by atoms with van der Waals surface area (Å²) in [6.07, 6.45) is 6.73. The van der Waals surface area contributed by atoms with E-state index in [2.05, 4.69) is 19.8 Å². The molecule has 0 amide bonds. The molecular weight excluding hydrogens is 242 g/mol. The molecule has 19 heavy (non-hydrogen) atoms. The lowest BCUT2D eigenvalue weighted by atomic mass is 10.2. The van der Waals surface area contributed by atoms with Crippen LogP contribution < -0.4 is 16.2 Å². The van der Waals surface area contributed by atoms with Gasteiger partial charge in [0.25, 0.3) is 5.56 Å². The van der Waals surface area contributed by atoms with Gasteiger partial charge in [-0.2, -0.15) is 0 Å². The summed E-state index contributed by atoms with van der Waals surface area (Å²) in [4.78, 5) is 23.0. The molecule has 0 saturated carbocycles. The van der Waals surface area contributed by atoms with Crippen LogP contribution >= 0.6 is 0 Å². The van der Waals surface area contributed by atoms with Gasteiger partial charge in [-0.25, -0.2) is 4.98 Å². The summed E-state index contributed by atoms with van der Waals surface area (Å²) in [7, 11) is 0. The summed E-state index contributed by atoms with van der Waals surface area (Å²) >= 11 is 0. The minimum atomic E-state index is -0.0982. The fourth-order valence-corrected chi connectivity index (χ4v) is 2.41. The lowest BCUT2D eigenvalue weighted by Gasteiger charge is -2.34. The van der Waals surface area contributed by atoms with Crippen LogP contribution in [0.4, 0.5) is 5.82 Å². The predicted molar refractivity (Wildman–Crippen MR) is 76.4 cm³/mol. The van der Waals surface area contributed by atoms with Gasteiger partial charge in [-0.15, -0.1) is 0 Å². The summed E-state index contributed by atoms with van der Waals surface area (Å²) < 4.78 is 0. The van der Waals surface area contributed by atoms with Gasteiger partial charge in [-0.1, -0.05) is 6.42 Å². The highest BCUT2D eigenvalue weighted by Crippen LogP contribution is 2.09. The zero-order chi connectivity index (χ0) is 13.5. The van der Waals surface area contributed by atoms with E-state index in [0.29, 0.717) is 5.82 Å². The fraction of sp³-hybridized carbons (Fsp3) is 0.692. The minimum Gasteiger partial charge on any atom is -0.349 e. The number of aromatic amines is 1. The molecule has 3 N–H and O–H groups in total. The van der Waals surface area contributed by atoms with Crippen molar-refractivity contribution in [2.75, 3.05) is 44.2 Å². The number of H-pyrrole nitrogens is 1. The summed E-state index contributed by atoms with van der Waals surface area (Å²) in [6.45, 7) is 5.66. The van der Waals surface area contributed by atoms with Crippen molar-refractivity contribution in [1.29, 1.82) is 0 Å². The van der Waals surface area contributed by atoms with Gasteiger partial charge in [0.1, 0.15) is 0 Å². The first-order valence-corrected chi connectivity index (χ1v) is 7.02. The summed E-state index contributed by atoms with van der Waals surface area (Å²) in [5, 5.41) is 0. The predicted octanol–water partition coefficient (Wildman–Crippen LogP) is 0.0209. The fourth-order valence-electron chi connectivity index (χ4n) is 2.41. The summed E-state index contributed by atoms with van der Waals surface area (Å²) in [5.74, 6) is 0.547. The third kappa shape index (κ3) is 4.04. The van der Waals surface area contributed by atoms with Gasteiger partial charge >= 0.3 is 0 Å². The standard InChI is InChI=1S/C13H23N5O/c14-4-2-1-3-7-17-8-10-18(11-9-17)12-13(19)16-6-5-15-12/h5-6H,1-4,7-11,14H2,(H,16,19). The second-order valence-electron chi connectivity index (χ2n) is 4.92. The van der Waals surface area contributed by atoms with Crippen molar-refractivity contribution in [3.05, 3.63) is 22.7 Å². The van der Waals surface area contributed by atoms with Crippen LogP contribution in [0.2, 0.25) is 0 Å². The first-order chi connectivity index (χ1) is 9.31. The Labute approximate surface area is 113 Å². The molecule has 1 saturated heterocycles. The Bertz CT molecular complexity index is 425. The van der Waals surface area contributed by atoms with Crippen LogP contribution in [-0.2, 0) is 0 Å². The second-order valence-corrected chi connectivity index (χ2v) is 4.92. The van der Waals surface area contributed by atoms with E-state index in [-0.39, 0.29) is 5.56 Å². The summed E-state index contributed by atoms with van der Waals surface area (Å²) in [5.41, 5.74) is 5.39. The highest BCUT2D eigenvalue weighted by Gasteiger charge is 2.19. The monoisotopic (exact) mass is 265 g/mol. The molecule has 0 atom stereocenters. The highest BCUT2D eigenvalue weighted by atomic mass is 16.1. The van der Waals surface area contributed by atoms with Gasteiger partial charge in [0.05, 0.1) is 0 Å². The Morgan fingerprint density at radius 1 is 1.21 bits per heavy atom. The molecule has 0 radical (unpaired) electrons. The average molecular weight is 265 g/mol. The van der Waals surface area contributed by atoms with Crippen LogP contribution in [0.25, 0.3) is 0 Å². The first-order valence-electron chi connectivity index (χ1n) is 7.02. The molecule has 1 aliphatic heterocycles. The molecule has 0 aromatic carbocycles. The number of nitrogens with two attached hydrogens (primary N) is 1. The topological polar surface area (TPSA) is 78.2 Å². The van der Waals surface area contributed by atoms with Crippen molar-refractivity contribution in [1.82, 2.24) is 14.9 Å². The molecule has 0 bridgehead atoms. The van der Waals surface area contributed by atoms with E-state index in [4.69, 9.17) is 5.73 Å². The molecule has 6 nitrogen and oxygen atoms in total. The molecule has 1 aromatic heterocycles. The molecule has 2 heterocycles. The third-order valence-corrected chi connectivity index (χ3v) is 3.54. The maximum Gasteiger partial charge on any atom is 0.290 e. The molecule has 2 rings (SSSR count). The molecular formula is C13H23N5O. The van der Waals surface area contributed by atoms with E-state index >= 15 is 0 Å². The van der Waals surface area contributed by atoms with Gasteiger partial charge in [-0.3, -0.25) is 9.69 Å². The number of hydrogen-bond donors (Lipinski definition) is 2. The Morgan fingerprint density at radius 3 is 2.68 bits per heavy atom. The largest absolute Gasteiger partial charge is 0.349 e. The van der Waals surface area contributed by atoms with Crippen LogP contribution in [0.3, 0.4) is 0 Å². The van der Waals surface area contributed by atoms with Crippen molar-refractivity contribution in [2.45, 2.75) is 19.3 Å². The number of nitrogens with one attached hydrogen (secondary N) is 1. The van der Waals surface area contributed by atoms with Crippen LogP contribution in [-0.4, -0.2) is 54.1 Å². The normalized spacial score (nSPS) is 16.8. The number of nitrogens with zero attached hydrogens (tertiary/aromatic N) is 3. The molecule has 6 heteroatoms. The maximum absolute atomic E-state index is 11.7. The van der Waals surface area contributed by atoms with E-state index in [9.17, 15) is 4.79 Å². The van der Waals surface area contributed by atoms with Crippen molar-refractivity contribution >= 4 is 5.82 Å². The van der Waals surface area contributed by atoms with E-state index in [1.807, 2.05) is 0 Å². The SMILES string of the molecule is NCCCCCN1CCN(c2ncc[nH]c2=O)CC1. The van der Waals surface area contributed by atoms with Crippen LogP contribution in [0.15, 0.2) is 17.2 Å². The third-order valence-electron chi connectivity index (χ3n) is 3.54. The van der Waals surface area contributed by atoms with Crippen LogP contribution in [0, 0.1) is 0 Å². The van der Waals surface area contributed by atoms with Crippen LogP contribution in [0.1, 0.15) is 19.3 Å². The Kier molecular flexibility index (Phi) is 5.35. The van der Waals surface area contributed by atoms with Crippen molar-refractivity contribution < 1.29 is 0 Å². The molecule has 0 aliphatic carbocycles. The minimum absolute atomic E-state index is 0.0982. The summed E-state index contributed by atoms with van der Waals surface area (Å²) in [6, 6.07) is 0. The number of piperazine rings is 1. The van der Waals surface area contributed by atoms with Crippen LogP contribution in [0.5, 0.6) is 0 Å². The molecule has 1 aliphatic rings. The zero-order valence-corrected chi connectivity index (χ0v) is 11.3. The van der Waals surface area contributed by atoms with Gasteiger partial charge in [0.15, 0.2) is 5.82 Å². The number of hydrogen-bond acceptors (Lipinski definition) is 5. The van der Waals surface area contributed by atoms with E-state index < -0.39 is 0 Å². The molecule has 0 spiro atoms. The molecule has 1 fully saturated rings. The second kappa shape index (κ2) is 7.25. The van der Waals surface area contributed by atoms with Gasteiger partial charge in [0.2, 0.25) is 0 Å². The number of aromatic nitrogens is 2. The molecule has 106 valence electrons. The number of anilines is 1. The Morgan fingerprint density at radius 2 is 2.00 bits per heavy atom. The lowest BCUT2D eigenvalue weighted by Crippen LogP contribution is -2.48. The maximum atomic E-state index is 11.7. The molecule has 1 aromatic rings. The Hall–Kier alpha value is -1.40. The van der Waals surface area contributed by atoms with Gasteiger partial charge in [-0.05, 0) is 25.9 Å². The van der Waals surface area contributed by atoms with Crippen molar-refractivity contribution in [2.24, 2.45) is 5.73 Å². The van der Waals surface area contributed by atoms with Gasteiger partial charge < -0.3 is 15.6 Å². The quantitative estimate of drug-likeness (QED) is 0.709. The Balaban J connectivity index is 1.76.